The van der Waals surface area contributed by atoms with Crippen LogP contribution >= 0.6 is 0 Å². The molecule has 0 fully saturated rings. The average molecular weight is 200 g/mol. The number of carbonyl (C=O) groups is 2. The summed E-state index contributed by atoms with van der Waals surface area (Å²) in [6.07, 6.45) is 2.99. The molecule has 2 N–H and O–H groups in total. The molecular weight excluding hydrogens is 188 g/mol. The van der Waals surface area contributed by atoms with Crippen LogP contribution in [0.15, 0.2) is 18.7 Å². The topological polar surface area (TPSA) is 92.4 Å². The van der Waals surface area contributed by atoms with Crippen LogP contribution in [0.25, 0.3) is 0 Å². The summed E-state index contributed by atoms with van der Waals surface area (Å²) in [5.74, 6) is -0.972. The molecule has 0 aliphatic heterocycles. The smallest absolute Gasteiger partial charge is 0.416 e. The highest BCUT2D eigenvalue weighted by Crippen LogP contribution is 1.87. The molecule has 0 atom stereocenters. The van der Waals surface area contributed by atoms with Crippen LogP contribution in [0.3, 0.4) is 0 Å². The Hall–Kier alpha value is -1.85. The number of carboxylic acid groups (broad SMARTS) is 2. The highest BCUT2D eigenvalue weighted by atomic mass is 16.4. The van der Waals surface area contributed by atoms with Gasteiger partial charge in [0.2, 0.25) is 0 Å². The van der Waals surface area contributed by atoms with E-state index in [1.54, 1.807) is 13.8 Å². The highest BCUT2D eigenvalue weighted by Gasteiger charge is 1.99. The minimum Gasteiger partial charge on any atom is -0.481 e. The second-order valence-corrected chi connectivity index (χ2v) is 2.75. The molecule has 1 aromatic heterocycles. The number of aromatic nitrogens is 2. The van der Waals surface area contributed by atoms with Crippen molar-refractivity contribution in [3.63, 3.8) is 0 Å². The summed E-state index contributed by atoms with van der Waals surface area (Å²) >= 11 is 0. The SMILES string of the molecule is CC(C)C(=O)O.O=C(O)n1ccnc1. The Labute approximate surface area is 80.8 Å². The van der Waals surface area contributed by atoms with Gasteiger partial charge in [-0.15, -0.1) is 0 Å². The molecule has 0 saturated heterocycles. The zero-order chi connectivity index (χ0) is 11.1. The predicted octanol–water partition coefficient (Wildman–Crippen LogP) is 1.14. The number of nitrogens with zero attached hydrogens (tertiary/aromatic N) is 2. The van der Waals surface area contributed by atoms with E-state index in [9.17, 15) is 9.59 Å². The first-order chi connectivity index (χ1) is 6.45. The summed E-state index contributed by atoms with van der Waals surface area (Å²) in [4.78, 5) is 23.2. The third-order valence-electron chi connectivity index (χ3n) is 1.22. The molecule has 14 heavy (non-hydrogen) atoms. The molecule has 1 heterocycles. The fourth-order valence-corrected chi connectivity index (χ4v) is 0.372. The van der Waals surface area contributed by atoms with Crippen LogP contribution in [0.1, 0.15) is 13.8 Å². The Kier molecular flexibility index (Phi) is 4.98. The number of aliphatic carboxylic acids is 1. The van der Waals surface area contributed by atoms with Gasteiger partial charge in [-0.1, -0.05) is 13.8 Å². The molecule has 1 rings (SSSR count). The van der Waals surface area contributed by atoms with Crippen molar-refractivity contribution in [3.05, 3.63) is 18.7 Å². The van der Waals surface area contributed by atoms with E-state index in [-0.39, 0.29) is 5.92 Å². The lowest BCUT2D eigenvalue weighted by molar-refractivity contribution is -0.140. The molecule has 6 heteroatoms. The van der Waals surface area contributed by atoms with E-state index in [2.05, 4.69) is 4.98 Å². The summed E-state index contributed by atoms with van der Waals surface area (Å²) in [6.45, 7) is 3.28. The maximum absolute atomic E-state index is 9.98. The Morgan fingerprint density at radius 2 is 1.86 bits per heavy atom. The average Bonchev–Trinajstić information content (AvgIpc) is 2.56. The van der Waals surface area contributed by atoms with Gasteiger partial charge in [0.1, 0.15) is 6.33 Å². The molecule has 78 valence electrons. The molecule has 0 aromatic carbocycles. The number of hydrogen-bond donors (Lipinski definition) is 2. The number of hydrogen-bond acceptors (Lipinski definition) is 3. The first-order valence-electron chi connectivity index (χ1n) is 3.89. The highest BCUT2D eigenvalue weighted by molar-refractivity contribution is 5.68. The van der Waals surface area contributed by atoms with E-state index in [1.165, 1.54) is 18.7 Å². The van der Waals surface area contributed by atoms with Gasteiger partial charge in [0, 0.05) is 12.4 Å². The zero-order valence-corrected chi connectivity index (χ0v) is 7.91. The normalized spacial score (nSPS) is 9.07. The molecule has 0 unspecified atom stereocenters. The fourth-order valence-electron chi connectivity index (χ4n) is 0.372. The van der Waals surface area contributed by atoms with E-state index >= 15 is 0 Å². The lowest BCUT2D eigenvalue weighted by Gasteiger charge is -1.89. The molecule has 0 saturated carbocycles. The molecule has 6 nitrogen and oxygen atoms in total. The van der Waals surface area contributed by atoms with Gasteiger partial charge in [-0.25, -0.2) is 14.3 Å². The van der Waals surface area contributed by atoms with Crippen molar-refractivity contribution < 1.29 is 19.8 Å². The Morgan fingerprint density at radius 3 is 2.00 bits per heavy atom. The predicted molar refractivity (Wildman–Crippen MR) is 48.1 cm³/mol. The second-order valence-electron chi connectivity index (χ2n) is 2.75. The van der Waals surface area contributed by atoms with Gasteiger partial charge in [0.15, 0.2) is 0 Å². The molecule has 0 aliphatic carbocycles. The lowest BCUT2D eigenvalue weighted by Crippen LogP contribution is -2.03. The van der Waals surface area contributed by atoms with Gasteiger partial charge in [-0.3, -0.25) is 4.79 Å². The molecule has 0 amide bonds. The number of carboxylic acids is 1. The molecule has 0 aliphatic rings. The van der Waals surface area contributed by atoms with Crippen LogP contribution in [0, 0.1) is 5.92 Å². The fraction of sp³-hybridized carbons (Fsp3) is 0.375. The van der Waals surface area contributed by atoms with Crippen molar-refractivity contribution in [3.8, 4) is 0 Å². The molecule has 0 bridgehead atoms. The van der Waals surface area contributed by atoms with Crippen molar-refractivity contribution in [1.29, 1.82) is 0 Å². The van der Waals surface area contributed by atoms with E-state index in [1.807, 2.05) is 0 Å². The first kappa shape index (κ1) is 12.2. The second kappa shape index (κ2) is 5.74. The summed E-state index contributed by atoms with van der Waals surface area (Å²) < 4.78 is 0.972. The van der Waals surface area contributed by atoms with Crippen LogP contribution in [-0.2, 0) is 4.79 Å². The molecule has 0 spiro atoms. The van der Waals surface area contributed by atoms with Crippen LogP contribution in [-0.4, -0.2) is 31.8 Å². The third-order valence-corrected chi connectivity index (χ3v) is 1.22. The Balaban J connectivity index is 0.000000255. The third kappa shape index (κ3) is 4.91. The number of rotatable bonds is 1. The standard InChI is InChI=1S/C4H4N2O2.C4H8O2/c7-4(8)6-2-1-5-3-6;1-3(2)4(5)6/h1-3H,(H,7,8);3H,1-2H3,(H,5,6). The van der Waals surface area contributed by atoms with E-state index < -0.39 is 12.1 Å². The zero-order valence-electron chi connectivity index (χ0n) is 7.91. The monoisotopic (exact) mass is 200 g/mol. The van der Waals surface area contributed by atoms with Crippen molar-refractivity contribution in [2.75, 3.05) is 0 Å². The van der Waals surface area contributed by atoms with Gasteiger partial charge in [-0.05, 0) is 0 Å². The Morgan fingerprint density at radius 1 is 1.36 bits per heavy atom. The van der Waals surface area contributed by atoms with Crippen LogP contribution < -0.4 is 0 Å². The maximum atomic E-state index is 9.98. The summed E-state index contributed by atoms with van der Waals surface area (Å²) in [7, 11) is 0. The van der Waals surface area contributed by atoms with Crippen molar-refractivity contribution in [2.45, 2.75) is 13.8 Å². The van der Waals surface area contributed by atoms with Gasteiger partial charge in [-0.2, -0.15) is 0 Å². The van der Waals surface area contributed by atoms with Crippen molar-refractivity contribution in [1.82, 2.24) is 9.55 Å². The van der Waals surface area contributed by atoms with Crippen LogP contribution in [0.2, 0.25) is 0 Å². The van der Waals surface area contributed by atoms with Crippen LogP contribution in [0.5, 0.6) is 0 Å². The van der Waals surface area contributed by atoms with Crippen molar-refractivity contribution in [2.24, 2.45) is 5.92 Å². The maximum Gasteiger partial charge on any atom is 0.416 e. The largest absolute Gasteiger partial charge is 0.481 e. The minimum atomic E-state index is -1.01. The summed E-state index contributed by atoms with van der Waals surface area (Å²) in [5.41, 5.74) is 0. The van der Waals surface area contributed by atoms with Crippen molar-refractivity contribution >= 4 is 12.1 Å². The van der Waals surface area contributed by atoms with Gasteiger partial charge in [0.25, 0.3) is 0 Å². The van der Waals surface area contributed by atoms with Crippen LogP contribution in [0.4, 0.5) is 4.79 Å². The van der Waals surface area contributed by atoms with E-state index in [0.717, 1.165) is 4.57 Å². The minimum absolute atomic E-state index is 0.231. The summed E-state index contributed by atoms with van der Waals surface area (Å²) in [5, 5.41) is 16.2. The quantitative estimate of drug-likeness (QED) is 0.709. The molecular formula is C8H12N2O4. The van der Waals surface area contributed by atoms with Gasteiger partial charge in [0.05, 0.1) is 5.92 Å². The lowest BCUT2D eigenvalue weighted by atomic mass is 10.2. The molecule has 1 aromatic rings. The van der Waals surface area contributed by atoms with E-state index in [0.29, 0.717) is 0 Å². The van der Waals surface area contributed by atoms with Gasteiger partial charge >= 0.3 is 12.1 Å². The van der Waals surface area contributed by atoms with Gasteiger partial charge < -0.3 is 10.2 Å². The molecule has 0 radical (unpaired) electrons. The Bertz CT molecular complexity index is 292. The van der Waals surface area contributed by atoms with E-state index in [4.69, 9.17) is 10.2 Å². The number of imidazole rings is 1. The summed E-state index contributed by atoms with van der Waals surface area (Å²) in [6, 6.07) is 0. The first-order valence-corrected chi connectivity index (χ1v) is 3.89.